The predicted octanol–water partition coefficient (Wildman–Crippen LogP) is 5.00. The van der Waals surface area contributed by atoms with Gasteiger partial charge in [0.05, 0.1) is 16.8 Å². The van der Waals surface area contributed by atoms with Crippen LogP contribution in [0, 0.1) is 5.82 Å². The zero-order valence-electron chi connectivity index (χ0n) is 13.8. The second kappa shape index (κ2) is 6.85. The number of nitrogens with one attached hydrogen (secondary N) is 1. The van der Waals surface area contributed by atoms with Gasteiger partial charge in [0.15, 0.2) is 11.7 Å². The quantitative estimate of drug-likeness (QED) is 0.663. The van der Waals surface area contributed by atoms with E-state index in [1.807, 2.05) is 0 Å². The van der Waals surface area contributed by atoms with Crippen molar-refractivity contribution in [2.45, 2.75) is 35.8 Å². The zero-order valence-corrected chi connectivity index (χ0v) is 15.4. The summed E-state index contributed by atoms with van der Waals surface area (Å²) in [4.78, 5) is 5.03. The molecule has 5 nitrogen and oxygen atoms in total. The Balaban J connectivity index is 1.56. The highest BCUT2D eigenvalue weighted by Crippen LogP contribution is 2.37. The minimum Gasteiger partial charge on any atom is -0.440 e. The number of benzene rings is 1. The molecule has 1 fully saturated rings. The van der Waals surface area contributed by atoms with Crippen molar-refractivity contribution in [1.82, 2.24) is 4.98 Å². The Labute approximate surface area is 154 Å². The van der Waals surface area contributed by atoms with E-state index in [1.165, 1.54) is 37.1 Å². The molecule has 0 bridgehead atoms. The van der Waals surface area contributed by atoms with Gasteiger partial charge in [-0.05, 0) is 37.1 Å². The maximum Gasteiger partial charge on any atom is 0.271 e. The maximum atomic E-state index is 13.7. The summed E-state index contributed by atoms with van der Waals surface area (Å²) < 4.78 is 46.9. The van der Waals surface area contributed by atoms with Crippen molar-refractivity contribution < 1.29 is 17.2 Å². The van der Waals surface area contributed by atoms with Gasteiger partial charge in [-0.2, -0.15) is 0 Å². The van der Waals surface area contributed by atoms with Crippen LogP contribution in [-0.4, -0.2) is 13.4 Å². The number of anilines is 1. The molecule has 2 heterocycles. The predicted molar refractivity (Wildman–Crippen MR) is 98.2 cm³/mol. The molecule has 0 amide bonds. The summed E-state index contributed by atoms with van der Waals surface area (Å²) in [5, 5.41) is 0. The van der Waals surface area contributed by atoms with Crippen molar-refractivity contribution in [3.05, 3.63) is 54.3 Å². The molecule has 3 aromatic rings. The Hall–Kier alpha value is -2.19. The highest BCUT2D eigenvalue weighted by Gasteiger charge is 2.24. The molecule has 1 aliphatic rings. The molecule has 26 heavy (non-hydrogen) atoms. The number of hydrogen-bond donors (Lipinski definition) is 1. The lowest BCUT2D eigenvalue weighted by molar-refractivity contribution is 0.458. The monoisotopic (exact) mass is 392 g/mol. The van der Waals surface area contributed by atoms with Crippen LogP contribution >= 0.6 is 11.3 Å². The third kappa shape index (κ3) is 3.39. The topological polar surface area (TPSA) is 72.2 Å². The van der Waals surface area contributed by atoms with Crippen LogP contribution < -0.4 is 4.72 Å². The van der Waals surface area contributed by atoms with Gasteiger partial charge in [-0.15, -0.1) is 11.3 Å². The average molecular weight is 392 g/mol. The van der Waals surface area contributed by atoms with Gasteiger partial charge in [0.25, 0.3) is 10.0 Å². The molecule has 0 atom stereocenters. The number of sulfonamides is 1. The van der Waals surface area contributed by atoms with Crippen molar-refractivity contribution in [2.75, 3.05) is 4.72 Å². The Morgan fingerprint density at radius 3 is 2.69 bits per heavy atom. The Bertz CT molecular complexity index is 1020. The average Bonchev–Trinajstić information content (AvgIpc) is 3.37. The van der Waals surface area contributed by atoms with Crippen LogP contribution in [0.1, 0.15) is 37.5 Å². The summed E-state index contributed by atoms with van der Waals surface area (Å²) in [5.74, 6) is 1.02. The van der Waals surface area contributed by atoms with Gasteiger partial charge in [-0.3, -0.25) is 4.72 Å². The standard InChI is InChI=1S/C18H17FN2O3S2/c19-13-7-3-4-8-14(13)21-26(22,23)17-10-9-16(25-17)15-11-20-18(24-15)12-5-1-2-6-12/h3-4,7-12,21H,1-2,5-6H2. The molecule has 0 radical (unpaired) electrons. The van der Waals surface area contributed by atoms with Crippen LogP contribution in [0.3, 0.4) is 0 Å². The van der Waals surface area contributed by atoms with E-state index in [9.17, 15) is 12.8 Å². The summed E-state index contributed by atoms with van der Waals surface area (Å²) in [5.41, 5.74) is -0.0781. The number of aromatic nitrogens is 1. The van der Waals surface area contributed by atoms with Crippen molar-refractivity contribution in [2.24, 2.45) is 0 Å². The molecule has 1 N–H and O–H groups in total. The first-order valence-electron chi connectivity index (χ1n) is 8.36. The van der Waals surface area contributed by atoms with Crippen molar-refractivity contribution in [3.63, 3.8) is 0 Å². The largest absolute Gasteiger partial charge is 0.440 e. The Kier molecular flexibility index (Phi) is 4.54. The molecule has 8 heteroatoms. The van der Waals surface area contributed by atoms with Gasteiger partial charge in [-0.25, -0.2) is 17.8 Å². The number of oxazole rings is 1. The second-order valence-electron chi connectivity index (χ2n) is 6.25. The summed E-state index contributed by atoms with van der Waals surface area (Å²) >= 11 is 1.07. The number of thiophene rings is 1. The molecule has 2 aromatic heterocycles. The molecule has 1 aliphatic carbocycles. The Morgan fingerprint density at radius 1 is 1.15 bits per heavy atom. The summed E-state index contributed by atoms with van der Waals surface area (Å²) in [7, 11) is -3.87. The normalized spacial score (nSPS) is 15.4. The number of rotatable bonds is 5. The molecular formula is C18H17FN2O3S2. The molecule has 4 rings (SSSR count). The van der Waals surface area contributed by atoms with E-state index in [-0.39, 0.29) is 9.90 Å². The second-order valence-corrected chi connectivity index (χ2v) is 9.24. The minimum atomic E-state index is -3.87. The van der Waals surface area contributed by atoms with Crippen molar-refractivity contribution in [1.29, 1.82) is 0 Å². The van der Waals surface area contributed by atoms with E-state index in [0.29, 0.717) is 16.6 Å². The smallest absolute Gasteiger partial charge is 0.271 e. The van der Waals surface area contributed by atoms with E-state index in [1.54, 1.807) is 18.3 Å². The van der Waals surface area contributed by atoms with Gasteiger partial charge < -0.3 is 4.42 Å². The van der Waals surface area contributed by atoms with Crippen molar-refractivity contribution in [3.8, 4) is 10.6 Å². The minimum absolute atomic E-state index is 0.0781. The molecule has 1 aromatic carbocycles. The molecule has 0 unspecified atom stereocenters. The lowest BCUT2D eigenvalue weighted by Crippen LogP contribution is -2.12. The summed E-state index contributed by atoms with van der Waals surface area (Å²) in [6.07, 6.45) is 6.17. The highest BCUT2D eigenvalue weighted by molar-refractivity contribution is 7.94. The number of halogens is 1. The fourth-order valence-electron chi connectivity index (χ4n) is 3.10. The molecule has 0 saturated heterocycles. The lowest BCUT2D eigenvalue weighted by atomic mass is 10.1. The molecule has 1 saturated carbocycles. The molecule has 0 spiro atoms. The first kappa shape index (κ1) is 17.2. The first-order chi connectivity index (χ1) is 12.5. The van der Waals surface area contributed by atoms with E-state index >= 15 is 0 Å². The van der Waals surface area contributed by atoms with Crippen molar-refractivity contribution >= 4 is 27.0 Å². The first-order valence-corrected chi connectivity index (χ1v) is 10.7. The van der Waals surface area contributed by atoms with Crippen LogP contribution in [0.5, 0.6) is 0 Å². The lowest BCUT2D eigenvalue weighted by Gasteiger charge is -2.06. The third-order valence-corrected chi connectivity index (χ3v) is 7.39. The third-order valence-electron chi connectivity index (χ3n) is 4.44. The fraction of sp³-hybridized carbons (Fsp3) is 0.278. The number of nitrogens with zero attached hydrogens (tertiary/aromatic N) is 1. The van der Waals surface area contributed by atoms with Gasteiger partial charge >= 0.3 is 0 Å². The SMILES string of the molecule is O=S(=O)(Nc1ccccc1F)c1ccc(-c2cnc(C3CCCC3)o2)s1. The highest BCUT2D eigenvalue weighted by atomic mass is 32.2. The number of hydrogen-bond acceptors (Lipinski definition) is 5. The van der Waals surface area contributed by atoms with Gasteiger partial charge in [0.2, 0.25) is 0 Å². The van der Waals surface area contributed by atoms with E-state index < -0.39 is 15.8 Å². The summed E-state index contributed by atoms with van der Waals surface area (Å²) in [6.45, 7) is 0. The molecular weight excluding hydrogens is 375 g/mol. The zero-order chi connectivity index (χ0) is 18.1. The van der Waals surface area contributed by atoms with Gasteiger partial charge in [0, 0.05) is 5.92 Å². The molecule has 0 aliphatic heterocycles. The van der Waals surface area contributed by atoms with E-state index in [2.05, 4.69) is 9.71 Å². The van der Waals surface area contributed by atoms with E-state index in [4.69, 9.17) is 4.42 Å². The van der Waals surface area contributed by atoms with Crippen LogP contribution in [0.4, 0.5) is 10.1 Å². The maximum absolute atomic E-state index is 13.7. The van der Waals surface area contributed by atoms with Crippen LogP contribution in [0.25, 0.3) is 10.6 Å². The van der Waals surface area contributed by atoms with Gasteiger partial charge in [0.1, 0.15) is 10.0 Å². The van der Waals surface area contributed by atoms with Crippen LogP contribution in [-0.2, 0) is 10.0 Å². The fourth-order valence-corrected chi connectivity index (χ4v) is 5.42. The Morgan fingerprint density at radius 2 is 1.92 bits per heavy atom. The number of para-hydroxylation sites is 1. The summed E-state index contributed by atoms with van der Waals surface area (Å²) in [6, 6.07) is 8.82. The molecule has 136 valence electrons. The van der Waals surface area contributed by atoms with Crippen LogP contribution in [0.2, 0.25) is 0 Å². The van der Waals surface area contributed by atoms with Gasteiger partial charge in [-0.1, -0.05) is 25.0 Å². The van der Waals surface area contributed by atoms with E-state index in [0.717, 1.165) is 30.1 Å². The van der Waals surface area contributed by atoms with Crippen LogP contribution in [0.15, 0.2) is 51.2 Å².